The van der Waals surface area contributed by atoms with E-state index in [2.05, 4.69) is 26.1 Å². The predicted molar refractivity (Wildman–Crippen MR) is 77.8 cm³/mol. The molecular formula is C16H31NO. The van der Waals surface area contributed by atoms with Crippen molar-refractivity contribution in [2.24, 2.45) is 5.92 Å². The van der Waals surface area contributed by atoms with Crippen molar-refractivity contribution < 1.29 is 4.79 Å². The van der Waals surface area contributed by atoms with Crippen molar-refractivity contribution in [2.45, 2.75) is 90.6 Å². The lowest BCUT2D eigenvalue weighted by Gasteiger charge is -2.33. The number of nitrogens with one attached hydrogen (secondary N) is 1. The molecule has 1 N–H and O–H groups in total. The molecule has 0 unspecified atom stereocenters. The molecule has 1 rings (SSSR count). The molecule has 1 aliphatic rings. The van der Waals surface area contributed by atoms with Gasteiger partial charge < -0.3 is 5.32 Å². The number of hydrogen-bond acceptors (Lipinski definition) is 2. The third kappa shape index (κ3) is 5.51. The Labute approximate surface area is 113 Å². The van der Waals surface area contributed by atoms with E-state index < -0.39 is 0 Å². The van der Waals surface area contributed by atoms with Crippen LogP contribution in [0.4, 0.5) is 0 Å². The Hall–Kier alpha value is -0.370. The predicted octanol–water partition coefficient (Wildman–Crippen LogP) is 4.08. The van der Waals surface area contributed by atoms with E-state index in [1.54, 1.807) is 0 Å². The van der Waals surface area contributed by atoms with Gasteiger partial charge in [-0.3, -0.25) is 4.79 Å². The van der Waals surface area contributed by atoms with E-state index in [0.29, 0.717) is 24.3 Å². The van der Waals surface area contributed by atoms with Gasteiger partial charge in [0.15, 0.2) is 0 Å². The van der Waals surface area contributed by atoms with Gasteiger partial charge in [0, 0.05) is 24.4 Å². The van der Waals surface area contributed by atoms with E-state index in [1.165, 1.54) is 51.4 Å². The van der Waals surface area contributed by atoms with E-state index in [9.17, 15) is 4.79 Å². The van der Waals surface area contributed by atoms with Crippen LogP contribution < -0.4 is 5.32 Å². The number of hydrogen-bond donors (Lipinski definition) is 1. The fourth-order valence-corrected chi connectivity index (χ4v) is 2.94. The standard InChI is InChI=1S/C16H31NO/c1-4-5-6-7-8-9-10-11-15-14(3)16(18)12-13(2)17-15/h13-15,17H,4-12H2,1-3H3/t13-,14+,15+/m0/s1. The minimum Gasteiger partial charge on any atom is -0.310 e. The molecule has 0 saturated carbocycles. The molecule has 1 fully saturated rings. The molecule has 106 valence electrons. The fourth-order valence-electron chi connectivity index (χ4n) is 2.94. The maximum atomic E-state index is 11.8. The average Bonchev–Trinajstić information content (AvgIpc) is 2.33. The molecule has 0 aliphatic carbocycles. The van der Waals surface area contributed by atoms with Crippen LogP contribution in [0.1, 0.15) is 78.6 Å². The molecule has 2 nitrogen and oxygen atoms in total. The van der Waals surface area contributed by atoms with Crippen molar-refractivity contribution in [3.63, 3.8) is 0 Å². The summed E-state index contributed by atoms with van der Waals surface area (Å²) >= 11 is 0. The lowest BCUT2D eigenvalue weighted by Crippen LogP contribution is -2.49. The molecule has 3 atom stereocenters. The largest absolute Gasteiger partial charge is 0.310 e. The minimum atomic E-state index is 0.223. The van der Waals surface area contributed by atoms with Gasteiger partial charge in [-0.25, -0.2) is 0 Å². The van der Waals surface area contributed by atoms with Gasteiger partial charge in [-0.15, -0.1) is 0 Å². The van der Waals surface area contributed by atoms with Gasteiger partial charge in [-0.1, -0.05) is 58.8 Å². The molecule has 2 heteroatoms. The second-order valence-electron chi connectivity index (χ2n) is 6.04. The third-order valence-corrected chi connectivity index (χ3v) is 4.24. The summed E-state index contributed by atoms with van der Waals surface area (Å²) in [5, 5.41) is 3.59. The van der Waals surface area contributed by atoms with Crippen molar-refractivity contribution in [1.82, 2.24) is 5.32 Å². The van der Waals surface area contributed by atoms with Crippen molar-refractivity contribution in [2.75, 3.05) is 0 Å². The molecular weight excluding hydrogens is 222 g/mol. The first kappa shape index (κ1) is 15.7. The summed E-state index contributed by atoms with van der Waals surface area (Å²) in [4.78, 5) is 11.8. The van der Waals surface area contributed by atoms with Crippen molar-refractivity contribution in [1.29, 1.82) is 0 Å². The van der Waals surface area contributed by atoms with Gasteiger partial charge in [0.05, 0.1) is 0 Å². The zero-order chi connectivity index (χ0) is 13.4. The third-order valence-electron chi connectivity index (χ3n) is 4.24. The Morgan fingerprint density at radius 1 is 1.06 bits per heavy atom. The molecule has 1 saturated heterocycles. The molecule has 1 heterocycles. The summed E-state index contributed by atoms with van der Waals surface area (Å²) in [6.45, 7) is 6.48. The molecule has 0 radical (unpaired) electrons. The zero-order valence-electron chi connectivity index (χ0n) is 12.5. The van der Waals surface area contributed by atoms with Crippen LogP contribution in [0.25, 0.3) is 0 Å². The Bertz CT molecular complexity index is 239. The molecule has 0 amide bonds. The van der Waals surface area contributed by atoms with Gasteiger partial charge in [0.2, 0.25) is 0 Å². The summed E-state index contributed by atoms with van der Waals surface area (Å²) in [5.41, 5.74) is 0. The summed E-state index contributed by atoms with van der Waals surface area (Å²) in [7, 11) is 0. The van der Waals surface area contributed by atoms with Gasteiger partial charge in [-0.05, 0) is 13.3 Å². The minimum absolute atomic E-state index is 0.223. The van der Waals surface area contributed by atoms with Gasteiger partial charge in [0.25, 0.3) is 0 Å². The van der Waals surface area contributed by atoms with Crippen LogP contribution in [-0.2, 0) is 4.79 Å². The molecule has 0 aromatic heterocycles. The first-order valence-corrected chi connectivity index (χ1v) is 7.94. The number of Topliss-reactive ketones (excluding diaryl/α,β-unsaturated/α-hetero) is 1. The second-order valence-corrected chi connectivity index (χ2v) is 6.04. The molecule has 0 aromatic carbocycles. The molecule has 18 heavy (non-hydrogen) atoms. The first-order chi connectivity index (χ1) is 8.65. The van der Waals surface area contributed by atoms with Gasteiger partial charge in [-0.2, -0.15) is 0 Å². The van der Waals surface area contributed by atoms with E-state index in [1.807, 2.05) is 0 Å². The molecule has 0 bridgehead atoms. The monoisotopic (exact) mass is 253 g/mol. The van der Waals surface area contributed by atoms with Gasteiger partial charge in [0.1, 0.15) is 5.78 Å². The molecule has 0 spiro atoms. The quantitative estimate of drug-likeness (QED) is 0.660. The fraction of sp³-hybridized carbons (Fsp3) is 0.938. The number of rotatable bonds is 8. The topological polar surface area (TPSA) is 29.1 Å². The van der Waals surface area contributed by atoms with Crippen molar-refractivity contribution >= 4 is 5.78 Å². The highest BCUT2D eigenvalue weighted by atomic mass is 16.1. The van der Waals surface area contributed by atoms with Crippen molar-refractivity contribution in [3.8, 4) is 0 Å². The van der Waals surface area contributed by atoms with E-state index in [4.69, 9.17) is 0 Å². The number of carbonyl (C=O) groups excluding carboxylic acids is 1. The van der Waals surface area contributed by atoms with Crippen LogP contribution >= 0.6 is 0 Å². The van der Waals surface area contributed by atoms with Gasteiger partial charge >= 0.3 is 0 Å². The van der Waals surface area contributed by atoms with Crippen molar-refractivity contribution in [3.05, 3.63) is 0 Å². The summed E-state index contributed by atoms with van der Waals surface area (Å²) < 4.78 is 0. The highest BCUT2D eigenvalue weighted by molar-refractivity contribution is 5.82. The molecule has 0 aromatic rings. The lowest BCUT2D eigenvalue weighted by atomic mass is 9.85. The highest BCUT2D eigenvalue weighted by Gasteiger charge is 2.30. The zero-order valence-corrected chi connectivity index (χ0v) is 12.5. The van der Waals surface area contributed by atoms with E-state index in [0.717, 1.165) is 0 Å². The Morgan fingerprint density at radius 2 is 1.67 bits per heavy atom. The highest BCUT2D eigenvalue weighted by Crippen LogP contribution is 2.21. The van der Waals surface area contributed by atoms with Crippen LogP contribution in [0, 0.1) is 5.92 Å². The maximum absolute atomic E-state index is 11.8. The Kier molecular flexibility index (Phi) is 7.57. The number of unbranched alkanes of at least 4 members (excludes halogenated alkanes) is 6. The SMILES string of the molecule is CCCCCCCCC[C@H]1N[C@@H](C)CC(=O)[C@@H]1C. The van der Waals surface area contributed by atoms with E-state index >= 15 is 0 Å². The Morgan fingerprint density at radius 3 is 2.33 bits per heavy atom. The maximum Gasteiger partial charge on any atom is 0.138 e. The van der Waals surface area contributed by atoms with Crippen LogP contribution in [-0.4, -0.2) is 17.9 Å². The van der Waals surface area contributed by atoms with Crippen LogP contribution in [0.2, 0.25) is 0 Å². The summed E-state index contributed by atoms with van der Waals surface area (Å²) in [5.74, 6) is 0.676. The normalized spacial score (nSPS) is 28.6. The Balaban J connectivity index is 2.09. The summed E-state index contributed by atoms with van der Waals surface area (Å²) in [6, 6.07) is 0.806. The van der Waals surface area contributed by atoms with Crippen LogP contribution in [0.5, 0.6) is 0 Å². The molecule has 1 aliphatic heterocycles. The smallest absolute Gasteiger partial charge is 0.138 e. The number of carbonyl (C=O) groups is 1. The lowest BCUT2D eigenvalue weighted by molar-refractivity contribution is -0.125. The summed E-state index contributed by atoms with van der Waals surface area (Å²) in [6.07, 6.45) is 11.3. The average molecular weight is 253 g/mol. The number of piperidine rings is 1. The van der Waals surface area contributed by atoms with E-state index in [-0.39, 0.29) is 5.92 Å². The first-order valence-electron chi connectivity index (χ1n) is 7.94. The second kappa shape index (κ2) is 8.68. The van der Waals surface area contributed by atoms with Crippen LogP contribution in [0.3, 0.4) is 0 Å². The number of ketones is 1. The van der Waals surface area contributed by atoms with Crippen LogP contribution in [0.15, 0.2) is 0 Å².